The summed E-state index contributed by atoms with van der Waals surface area (Å²) in [4.78, 5) is 23.8. The van der Waals surface area contributed by atoms with Crippen molar-refractivity contribution in [3.8, 4) is 0 Å². The predicted molar refractivity (Wildman–Crippen MR) is 111 cm³/mol. The van der Waals surface area contributed by atoms with Crippen LogP contribution in [-0.4, -0.2) is 83.7 Å². The number of alkyl halides is 6. The highest BCUT2D eigenvalue weighted by molar-refractivity contribution is 6.04. The summed E-state index contributed by atoms with van der Waals surface area (Å²) in [5.74, 6) is -3.99. The third-order valence-corrected chi connectivity index (χ3v) is 5.89. The highest BCUT2D eigenvalue weighted by atomic mass is 19.4. The van der Waals surface area contributed by atoms with Gasteiger partial charge >= 0.3 is 18.1 Å². The summed E-state index contributed by atoms with van der Waals surface area (Å²) in [6, 6.07) is 3.63. The molecular formula is C22H23F7N2O5. The van der Waals surface area contributed by atoms with E-state index in [1.165, 1.54) is 22.9 Å². The van der Waals surface area contributed by atoms with Crippen molar-refractivity contribution in [2.75, 3.05) is 26.4 Å². The first-order valence-corrected chi connectivity index (χ1v) is 10.9. The Balaban J connectivity index is 0.000000454. The van der Waals surface area contributed by atoms with Crippen LogP contribution in [0.4, 0.5) is 30.7 Å². The second-order valence-electron chi connectivity index (χ2n) is 8.32. The topological polar surface area (TPSA) is 81.0 Å². The fourth-order valence-corrected chi connectivity index (χ4v) is 4.45. The minimum Gasteiger partial charge on any atom is -0.475 e. The summed E-state index contributed by atoms with van der Waals surface area (Å²) < 4.78 is 96.5. The molecule has 0 radical (unpaired) electrons. The van der Waals surface area contributed by atoms with Gasteiger partial charge in [0.2, 0.25) is 0 Å². The number of fused-ring (bicyclic) bond motifs is 3. The van der Waals surface area contributed by atoms with E-state index in [2.05, 4.69) is 4.90 Å². The van der Waals surface area contributed by atoms with E-state index in [1.807, 2.05) is 0 Å². The van der Waals surface area contributed by atoms with Gasteiger partial charge in [0.05, 0.1) is 25.3 Å². The molecule has 2 aromatic rings. The smallest absolute Gasteiger partial charge is 0.475 e. The largest absolute Gasteiger partial charge is 0.490 e. The zero-order valence-corrected chi connectivity index (χ0v) is 18.7. The number of carbonyl (C=O) groups excluding carboxylic acids is 1. The molecule has 4 rings (SSSR count). The third-order valence-electron chi connectivity index (χ3n) is 5.89. The molecule has 7 nitrogen and oxygen atoms in total. The summed E-state index contributed by atoms with van der Waals surface area (Å²) in [6.07, 6.45) is -5.78. The summed E-state index contributed by atoms with van der Waals surface area (Å²) in [7, 11) is 0. The first kappa shape index (κ1) is 27.7. The van der Waals surface area contributed by atoms with Gasteiger partial charge in [-0.25, -0.2) is 27.2 Å². The minimum atomic E-state index is -5.08. The Labute approximate surface area is 200 Å². The van der Waals surface area contributed by atoms with Gasteiger partial charge in [-0.2, -0.15) is 13.2 Å². The SMILES string of the molecule is O=C(O)C(F)(F)F.O=C(OC1CC2COCC(C1)N2CCF)c1cn(CC(F)F)c2ccc(F)cc12. The Bertz CT molecular complexity index is 1060. The zero-order chi connectivity index (χ0) is 26.6. The lowest BCUT2D eigenvalue weighted by Crippen LogP contribution is -2.59. The maximum atomic E-state index is 13.7. The van der Waals surface area contributed by atoms with Crippen LogP contribution in [0.3, 0.4) is 0 Å². The monoisotopic (exact) mass is 528 g/mol. The molecular weight excluding hydrogens is 505 g/mol. The van der Waals surface area contributed by atoms with Gasteiger partial charge in [0.1, 0.15) is 18.6 Å². The molecule has 2 aliphatic rings. The molecule has 0 aliphatic carbocycles. The van der Waals surface area contributed by atoms with Gasteiger partial charge in [0, 0.05) is 48.6 Å². The van der Waals surface area contributed by atoms with E-state index in [0.29, 0.717) is 38.1 Å². The maximum Gasteiger partial charge on any atom is 0.490 e. The molecule has 14 heteroatoms. The van der Waals surface area contributed by atoms with Crippen LogP contribution in [0.5, 0.6) is 0 Å². The second-order valence-corrected chi connectivity index (χ2v) is 8.32. The molecule has 1 N–H and O–H groups in total. The molecule has 2 unspecified atom stereocenters. The molecule has 200 valence electrons. The fraction of sp³-hybridized carbons (Fsp3) is 0.545. The molecule has 2 atom stereocenters. The third kappa shape index (κ3) is 6.66. The van der Waals surface area contributed by atoms with E-state index >= 15 is 0 Å². The standard InChI is InChI=1S/C20H22F4N2O3.C2HF3O2/c21-3-4-26-13-6-15(7-14(26)11-28-10-13)29-20(27)17-8-25(9-19(23)24)18-2-1-12(22)5-16(17)18;3-2(4,5)1(6)7/h1-2,5,8,13-15,19H,3-4,6-7,9-11H2;(H,6,7). The van der Waals surface area contributed by atoms with Crippen LogP contribution in [0.25, 0.3) is 10.9 Å². The van der Waals surface area contributed by atoms with Crippen LogP contribution in [-0.2, 0) is 20.8 Å². The number of nitrogens with zero attached hydrogens (tertiary/aromatic N) is 2. The lowest BCUT2D eigenvalue weighted by atomic mass is 9.92. The molecule has 2 bridgehead atoms. The first-order valence-electron chi connectivity index (χ1n) is 10.9. The summed E-state index contributed by atoms with van der Waals surface area (Å²) in [6.45, 7) is 0.165. The maximum absolute atomic E-state index is 13.7. The van der Waals surface area contributed by atoms with E-state index in [-0.39, 0.29) is 29.1 Å². The normalized spacial score (nSPS) is 22.3. The zero-order valence-electron chi connectivity index (χ0n) is 18.7. The average Bonchev–Trinajstić information content (AvgIpc) is 3.11. The highest BCUT2D eigenvalue weighted by Gasteiger charge is 2.40. The van der Waals surface area contributed by atoms with Crippen LogP contribution < -0.4 is 0 Å². The van der Waals surface area contributed by atoms with Crippen molar-refractivity contribution < 1.29 is 54.9 Å². The number of benzene rings is 1. The van der Waals surface area contributed by atoms with Gasteiger partial charge < -0.3 is 19.1 Å². The Morgan fingerprint density at radius 2 is 1.78 bits per heavy atom. The van der Waals surface area contributed by atoms with Gasteiger partial charge in [-0.05, 0) is 18.2 Å². The number of halogens is 7. The lowest BCUT2D eigenvalue weighted by Gasteiger charge is -2.47. The van der Waals surface area contributed by atoms with Crippen LogP contribution in [0.2, 0.25) is 0 Å². The van der Waals surface area contributed by atoms with Crippen molar-refractivity contribution in [2.24, 2.45) is 0 Å². The van der Waals surface area contributed by atoms with Crippen LogP contribution in [0.15, 0.2) is 24.4 Å². The quantitative estimate of drug-likeness (QED) is 0.451. The van der Waals surface area contributed by atoms with Crippen molar-refractivity contribution in [1.82, 2.24) is 9.47 Å². The van der Waals surface area contributed by atoms with Crippen molar-refractivity contribution in [2.45, 2.75) is 50.2 Å². The average molecular weight is 528 g/mol. The molecule has 0 spiro atoms. The fourth-order valence-electron chi connectivity index (χ4n) is 4.45. The van der Waals surface area contributed by atoms with Gasteiger partial charge in [-0.15, -0.1) is 0 Å². The van der Waals surface area contributed by atoms with E-state index in [4.69, 9.17) is 19.4 Å². The van der Waals surface area contributed by atoms with E-state index < -0.39 is 43.6 Å². The van der Waals surface area contributed by atoms with Gasteiger partial charge in [-0.1, -0.05) is 0 Å². The Kier molecular flexibility index (Phi) is 8.82. The molecule has 36 heavy (non-hydrogen) atoms. The Morgan fingerprint density at radius 3 is 2.31 bits per heavy atom. The van der Waals surface area contributed by atoms with Crippen molar-refractivity contribution in [1.29, 1.82) is 0 Å². The van der Waals surface area contributed by atoms with E-state index in [0.717, 1.165) is 6.07 Å². The number of carbonyl (C=O) groups is 2. The number of rotatable bonds is 6. The van der Waals surface area contributed by atoms with Gasteiger partial charge in [-0.3, -0.25) is 4.90 Å². The number of carboxylic acid groups (broad SMARTS) is 1. The highest BCUT2D eigenvalue weighted by Crippen LogP contribution is 2.31. The molecule has 0 amide bonds. The van der Waals surface area contributed by atoms with Gasteiger partial charge in [0.15, 0.2) is 0 Å². The summed E-state index contributed by atoms with van der Waals surface area (Å²) in [5.41, 5.74) is 0.412. The number of aliphatic carboxylic acids is 1. The number of hydrogen-bond acceptors (Lipinski definition) is 5. The van der Waals surface area contributed by atoms with Crippen molar-refractivity contribution >= 4 is 22.8 Å². The Morgan fingerprint density at radius 1 is 1.17 bits per heavy atom. The van der Waals surface area contributed by atoms with Gasteiger partial charge in [0.25, 0.3) is 6.43 Å². The predicted octanol–water partition coefficient (Wildman–Crippen LogP) is 4.04. The van der Waals surface area contributed by atoms with Crippen molar-refractivity contribution in [3.05, 3.63) is 35.8 Å². The molecule has 0 saturated carbocycles. The number of piperidine rings is 1. The number of hydrogen-bond donors (Lipinski definition) is 1. The van der Waals surface area contributed by atoms with Crippen LogP contribution in [0, 0.1) is 5.82 Å². The van der Waals surface area contributed by atoms with E-state index in [1.54, 1.807) is 0 Å². The lowest BCUT2D eigenvalue weighted by molar-refractivity contribution is -0.192. The van der Waals surface area contributed by atoms with Crippen LogP contribution in [0.1, 0.15) is 23.2 Å². The second kappa shape index (κ2) is 11.5. The number of esters is 1. The minimum absolute atomic E-state index is 0.0336. The van der Waals surface area contributed by atoms with Crippen LogP contribution >= 0.6 is 0 Å². The number of aromatic nitrogens is 1. The first-order chi connectivity index (χ1) is 16.9. The molecule has 1 aromatic heterocycles. The Hall–Kier alpha value is -2.87. The number of morpholine rings is 1. The molecule has 2 aliphatic heterocycles. The summed E-state index contributed by atoms with van der Waals surface area (Å²) >= 11 is 0. The molecule has 3 heterocycles. The number of ether oxygens (including phenoxy) is 2. The van der Waals surface area contributed by atoms with E-state index in [9.17, 15) is 35.5 Å². The number of carboxylic acids is 1. The molecule has 2 fully saturated rings. The molecule has 1 aromatic carbocycles. The molecule has 2 saturated heterocycles. The summed E-state index contributed by atoms with van der Waals surface area (Å²) in [5, 5.41) is 7.37. The van der Waals surface area contributed by atoms with Crippen molar-refractivity contribution in [3.63, 3.8) is 0 Å².